The molecule has 0 aromatic carbocycles. The number of amides is 1. The molecule has 1 aliphatic carbocycles. The zero-order chi connectivity index (χ0) is 12.2. The molecule has 0 aliphatic heterocycles. The average molecular weight is 228 g/mol. The van der Waals surface area contributed by atoms with Crippen LogP contribution in [0.1, 0.15) is 32.6 Å². The number of carboxylic acids is 1. The molecule has 1 aliphatic rings. The van der Waals surface area contributed by atoms with E-state index in [4.69, 9.17) is 0 Å². The van der Waals surface area contributed by atoms with E-state index in [0.717, 1.165) is 12.8 Å². The Labute approximate surface area is 95.6 Å². The van der Waals surface area contributed by atoms with Crippen molar-refractivity contribution in [2.45, 2.75) is 38.1 Å². The topological polar surface area (TPSA) is 78.4 Å². The number of aliphatic carboxylic acids is 1. The third-order valence-corrected chi connectivity index (χ3v) is 3.40. The lowest BCUT2D eigenvalue weighted by atomic mass is 9.77. The highest BCUT2D eigenvalue weighted by Crippen LogP contribution is 2.31. The predicted octanol–water partition coefficient (Wildman–Crippen LogP) is 0.355. The number of carboxylic acid groups (broad SMARTS) is 1. The van der Waals surface area contributed by atoms with Crippen molar-refractivity contribution in [1.29, 1.82) is 0 Å². The van der Waals surface area contributed by atoms with Gasteiger partial charge in [0.05, 0.1) is 6.54 Å². The number of carbonyl (C=O) groups is 2. The summed E-state index contributed by atoms with van der Waals surface area (Å²) in [6.07, 6.45) is 2.99. The fraction of sp³-hybridized carbons (Fsp3) is 0.818. The van der Waals surface area contributed by atoms with Crippen LogP contribution in [-0.2, 0) is 9.59 Å². The predicted molar refractivity (Wildman–Crippen MR) is 60.1 cm³/mol. The molecule has 0 radical (unpaired) electrons. The molecule has 1 rings (SSSR count). The lowest BCUT2D eigenvalue weighted by Gasteiger charge is -2.36. The Balaban J connectivity index is 2.60. The second-order valence-electron chi connectivity index (χ2n) is 4.60. The minimum Gasteiger partial charge on any atom is -0.480 e. The lowest BCUT2D eigenvalue weighted by Crippen LogP contribution is -2.56. The first-order chi connectivity index (χ1) is 7.50. The largest absolute Gasteiger partial charge is 0.480 e. The molecule has 0 unspecified atom stereocenters. The summed E-state index contributed by atoms with van der Waals surface area (Å²) in [4.78, 5) is 22.4. The van der Waals surface area contributed by atoms with Crippen molar-refractivity contribution in [3.63, 3.8) is 0 Å². The van der Waals surface area contributed by atoms with Gasteiger partial charge in [0.25, 0.3) is 0 Å². The summed E-state index contributed by atoms with van der Waals surface area (Å²) in [7, 11) is 1.54. The van der Waals surface area contributed by atoms with E-state index in [0.29, 0.717) is 18.8 Å². The first kappa shape index (κ1) is 13.0. The molecule has 0 atom stereocenters. The average Bonchev–Trinajstić information content (AvgIpc) is 2.28. The molecule has 5 nitrogen and oxygen atoms in total. The van der Waals surface area contributed by atoms with Crippen molar-refractivity contribution in [2.24, 2.45) is 5.92 Å². The van der Waals surface area contributed by atoms with Crippen LogP contribution in [0.3, 0.4) is 0 Å². The quantitative estimate of drug-likeness (QED) is 0.649. The summed E-state index contributed by atoms with van der Waals surface area (Å²) in [5.41, 5.74) is -0.904. The second kappa shape index (κ2) is 5.30. The van der Waals surface area contributed by atoms with Crippen molar-refractivity contribution in [3.8, 4) is 0 Å². The van der Waals surface area contributed by atoms with Gasteiger partial charge in [-0.05, 0) is 31.6 Å². The molecule has 0 aromatic rings. The first-order valence-corrected chi connectivity index (χ1v) is 5.69. The lowest BCUT2D eigenvalue weighted by molar-refractivity contribution is -0.147. The number of hydrogen-bond acceptors (Lipinski definition) is 3. The van der Waals surface area contributed by atoms with Crippen LogP contribution in [0, 0.1) is 5.92 Å². The van der Waals surface area contributed by atoms with Crippen LogP contribution < -0.4 is 10.6 Å². The molecule has 0 heterocycles. The van der Waals surface area contributed by atoms with E-state index in [1.165, 1.54) is 0 Å². The monoisotopic (exact) mass is 228 g/mol. The molecule has 1 saturated carbocycles. The molecule has 5 heteroatoms. The fourth-order valence-electron chi connectivity index (χ4n) is 2.06. The molecule has 1 amide bonds. The van der Waals surface area contributed by atoms with Crippen molar-refractivity contribution in [3.05, 3.63) is 0 Å². The van der Waals surface area contributed by atoms with Crippen molar-refractivity contribution in [2.75, 3.05) is 13.6 Å². The minimum absolute atomic E-state index is 0.0666. The summed E-state index contributed by atoms with van der Waals surface area (Å²) in [6, 6.07) is 0. The Hall–Kier alpha value is -1.10. The molecular formula is C11H20N2O3. The van der Waals surface area contributed by atoms with Crippen LogP contribution in [0.2, 0.25) is 0 Å². The van der Waals surface area contributed by atoms with Gasteiger partial charge in [0.1, 0.15) is 5.54 Å². The molecule has 1 fully saturated rings. The standard InChI is InChI=1S/C11H20N2O3/c1-8-3-5-11(6-4-8,10(15)16)13-7-9(14)12-2/h8,13H,3-7H2,1-2H3,(H,12,14)(H,15,16). The molecule has 3 N–H and O–H groups in total. The van der Waals surface area contributed by atoms with Crippen LogP contribution >= 0.6 is 0 Å². The van der Waals surface area contributed by atoms with Crippen LogP contribution in [0.4, 0.5) is 0 Å². The SMILES string of the molecule is CNC(=O)CNC1(C(=O)O)CCC(C)CC1. The van der Waals surface area contributed by atoms with Crippen molar-refractivity contribution < 1.29 is 14.7 Å². The minimum atomic E-state index is -0.904. The molecular weight excluding hydrogens is 208 g/mol. The Bertz CT molecular complexity index is 270. The van der Waals surface area contributed by atoms with Gasteiger partial charge in [0.15, 0.2) is 0 Å². The number of carbonyl (C=O) groups excluding carboxylic acids is 1. The van der Waals surface area contributed by atoms with Gasteiger partial charge in [-0.25, -0.2) is 0 Å². The molecule has 92 valence electrons. The summed E-state index contributed by atoms with van der Waals surface area (Å²) in [5, 5.41) is 14.6. The smallest absolute Gasteiger partial charge is 0.323 e. The van der Waals surface area contributed by atoms with Gasteiger partial charge in [0.2, 0.25) is 5.91 Å². The van der Waals surface area contributed by atoms with E-state index in [-0.39, 0.29) is 12.5 Å². The van der Waals surface area contributed by atoms with Crippen molar-refractivity contribution in [1.82, 2.24) is 10.6 Å². The fourth-order valence-corrected chi connectivity index (χ4v) is 2.06. The van der Waals surface area contributed by atoms with E-state index in [2.05, 4.69) is 17.6 Å². The van der Waals surface area contributed by atoms with Crippen molar-refractivity contribution >= 4 is 11.9 Å². The zero-order valence-corrected chi connectivity index (χ0v) is 9.88. The second-order valence-corrected chi connectivity index (χ2v) is 4.60. The molecule has 16 heavy (non-hydrogen) atoms. The summed E-state index contributed by atoms with van der Waals surface area (Å²) < 4.78 is 0. The van der Waals surface area contributed by atoms with E-state index < -0.39 is 11.5 Å². The van der Waals surface area contributed by atoms with Crippen LogP contribution in [-0.4, -0.2) is 36.1 Å². The highest BCUT2D eigenvalue weighted by Gasteiger charge is 2.40. The molecule has 0 aromatic heterocycles. The Morgan fingerprint density at radius 2 is 1.94 bits per heavy atom. The van der Waals surface area contributed by atoms with E-state index in [1.807, 2.05) is 0 Å². The van der Waals surface area contributed by atoms with Crippen LogP contribution in [0.15, 0.2) is 0 Å². The Morgan fingerprint density at radius 3 is 2.38 bits per heavy atom. The maximum Gasteiger partial charge on any atom is 0.323 e. The zero-order valence-electron chi connectivity index (χ0n) is 9.88. The number of likely N-dealkylation sites (N-methyl/N-ethyl adjacent to an activating group) is 1. The third-order valence-electron chi connectivity index (χ3n) is 3.40. The normalized spacial score (nSPS) is 29.8. The van der Waals surface area contributed by atoms with Crippen LogP contribution in [0.25, 0.3) is 0 Å². The number of rotatable bonds is 4. The third kappa shape index (κ3) is 2.95. The molecule has 0 saturated heterocycles. The van der Waals surface area contributed by atoms with Gasteiger partial charge in [0, 0.05) is 7.05 Å². The molecule has 0 bridgehead atoms. The Morgan fingerprint density at radius 1 is 1.38 bits per heavy atom. The van der Waals surface area contributed by atoms with Crippen LogP contribution in [0.5, 0.6) is 0 Å². The van der Waals surface area contributed by atoms with Gasteiger partial charge in [-0.15, -0.1) is 0 Å². The summed E-state index contributed by atoms with van der Waals surface area (Å²) in [5.74, 6) is -0.447. The Kier molecular flexibility index (Phi) is 4.29. The first-order valence-electron chi connectivity index (χ1n) is 5.69. The van der Waals surface area contributed by atoms with Gasteiger partial charge < -0.3 is 10.4 Å². The van der Waals surface area contributed by atoms with Gasteiger partial charge in [-0.3, -0.25) is 14.9 Å². The van der Waals surface area contributed by atoms with Gasteiger partial charge in [-0.2, -0.15) is 0 Å². The highest BCUT2D eigenvalue weighted by molar-refractivity contribution is 5.82. The summed E-state index contributed by atoms with van der Waals surface area (Å²) >= 11 is 0. The van der Waals surface area contributed by atoms with E-state index in [1.54, 1.807) is 7.05 Å². The van der Waals surface area contributed by atoms with E-state index >= 15 is 0 Å². The number of nitrogens with one attached hydrogen (secondary N) is 2. The summed E-state index contributed by atoms with van der Waals surface area (Å²) in [6.45, 7) is 2.20. The highest BCUT2D eigenvalue weighted by atomic mass is 16.4. The maximum atomic E-state index is 11.3. The maximum absolute atomic E-state index is 11.3. The number of hydrogen-bond donors (Lipinski definition) is 3. The van der Waals surface area contributed by atoms with Gasteiger partial charge >= 0.3 is 5.97 Å². The van der Waals surface area contributed by atoms with E-state index in [9.17, 15) is 14.7 Å². The van der Waals surface area contributed by atoms with Gasteiger partial charge in [-0.1, -0.05) is 6.92 Å². The molecule has 0 spiro atoms.